The smallest absolute Gasteiger partial charge is 0.320 e. The molecule has 0 aromatic carbocycles. The van der Waals surface area contributed by atoms with Crippen LogP contribution in [0.2, 0.25) is 0 Å². The monoisotopic (exact) mass is 334 g/mol. The minimum absolute atomic E-state index is 0.159. The first-order chi connectivity index (χ1) is 10.9. The molecule has 0 radical (unpaired) electrons. The molecule has 1 aliphatic heterocycles. The van der Waals surface area contributed by atoms with Gasteiger partial charge in [0, 0.05) is 26.2 Å². The van der Waals surface area contributed by atoms with E-state index in [4.69, 9.17) is 4.74 Å². The summed E-state index contributed by atoms with van der Waals surface area (Å²) in [7, 11) is 0. The van der Waals surface area contributed by atoms with Gasteiger partial charge in [0.05, 0.1) is 11.9 Å². The number of esters is 1. The second-order valence-electron chi connectivity index (χ2n) is 6.69. The van der Waals surface area contributed by atoms with E-state index in [0.29, 0.717) is 6.54 Å². The summed E-state index contributed by atoms with van der Waals surface area (Å²) in [5, 5.41) is 3.15. The van der Waals surface area contributed by atoms with Crippen molar-refractivity contribution in [2.45, 2.75) is 26.4 Å². The molecule has 1 aliphatic rings. The van der Waals surface area contributed by atoms with Crippen LogP contribution >= 0.6 is 11.3 Å². The number of aromatic nitrogens is 2. The Balaban J connectivity index is 1.58. The number of rotatable bonds is 3. The number of piperazine rings is 1. The summed E-state index contributed by atoms with van der Waals surface area (Å²) in [5.41, 5.74) is -0.426. The van der Waals surface area contributed by atoms with Crippen LogP contribution in [0.15, 0.2) is 17.8 Å². The highest BCUT2D eigenvalue weighted by Gasteiger charge is 2.24. The van der Waals surface area contributed by atoms with Gasteiger partial charge in [0.2, 0.25) is 0 Å². The van der Waals surface area contributed by atoms with Crippen molar-refractivity contribution in [1.82, 2.24) is 14.9 Å². The van der Waals surface area contributed by atoms with Crippen LogP contribution in [0, 0.1) is 0 Å². The number of thiophene rings is 1. The summed E-state index contributed by atoms with van der Waals surface area (Å²) in [6.07, 6.45) is 1.63. The summed E-state index contributed by atoms with van der Waals surface area (Å²) in [4.78, 5) is 26.1. The molecule has 0 aliphatic carbocycles. The normalized spacial score (nSPS) is 16.7. The molecule has 2 aromatic heterocycles. The van der Waals surface area contributed by atoms with Crippen molar-refractivity contribution < 1.29 is 9.53 Å². The predicted octanol–water partition coefficient (Wildman–Crippen LogP) is 2.15. The molecule has 2 aromatic rings. The molecule has 3 heterocycles. The van der Waals surface area contributed by atoms with Crippen LogP contribution in [0.4, 0.5) is 5.82 Å². The highest BCUT2D eigenvalue weighted by Crippen LogP contribution is 2.27. The zero-order valence-corrected chi connectivity index (χ0v) is 14.6. The molecule has 1 fully saturated rings. The number of ether oxygens (including phenoxy) is 1. The lowest BCUT2D eigenvalue weighted by Crippen LogP contribution is -2.49. The number of anilines is 1. The van der Waals surface area contributed by atoms with Crippen LogP contribution in [-0.4, -0.2) is 59.2 Å². The Bertz CT molecular complexity index is 687. The van der Waals surface area contributed by atoms with Crippen molar-refractivity contribution in [2.75, 3.05) is 37.6 Å². The summed E-state index contributed by atoms with van der Waals surface area (Å²) >= 11 is 1.63. The number of fused-ring (bicyclic) bond motifs is 1. The van der Waals surface area contributed by atoms with E-state index in [0.717, 1.165) is 42.2 Å². The molecule has 1 saturated heterocycles. The SMILES string of the molecule is CC(C)(C)OC(=O)CN1CCN(c2ncnc3sccc23)CC1. The maximum atomic E-state index is 11.9. The van der Waals surface area contributed by atoms with Gasteiger partial charge in [0.15, 0.2) is 0 Å². The molecular weight excluding hydrogens is 312 g/mol. The lowest BCUT2D eigenvalue weighted by atomic mass is 10.2. The van der Waals surface area contributed by atoms with Gasteiger partial charge >= 0.3 is 5.97 Å². The Labute approximate surface area is 140 Å². The van der Waals surface area contributed by atoms with Gasteiger partial charge in [-0.15, -0.1) is 11.3 Å². The number of hydrogen-bond donors (Lipinski definition) is 0. The first-order valence-corrected chi connectivity index (χ1v) is 8.68. The largest absolute Gasteiger partial charge is 0.459 e. The van der Waals surface area contributed by atoms with E-state index in [1.54, 1.807) is 17.7 Å². The molecule has 3 rings (SSSR count). The maximum absolute atomic E-state index is 11.9. The minimum Gasteiger partial charge on any atom is -0.459 e. The van der Waals surface area contributed by atoms with E-state index < -0.39 is 5.60 Å². The van der Waals surface area contributed by atoms with Crippen LogP contribution in [0.25, 0.3) is 10.2 Å². The van der Waals surface area contributed by atoms with E-state index in [-0.39, 0.29) is 5.97 Å². The fourth-order valence-corrected chi connectivity index (χ4v) is 3.43. The molecule has 0 atom stereocenters. The van der Waals surface area contributed by atoms with Crippen LogP contribution in [0.3, 0.4) is 0 Å². The van der Waals surface area contributed by atoms with E-state index in [9.17, 15) is 4.79 Å². The molecular formula is C16H22N4O2S. The Morgan fingerprint density at radius 3 is 2.70 bits per heavy atom. The Hall–Kier alpha value is -1.73. The zero-order valence-electron chi connectivity index (χ0n) is 13.8. The third kappa shape index (κ3) is 3.97. The Morgan fingerprint density at radius 2 is 2.00 bits per heavy atom. The van der Waals surface area contributed by atoms with E-state index in [1.165, 1.54) is 0 Å². The third-order valence-electron chi connectivity index (χ3n) is 3.69. The second-order valence-corrected chi connectivity index (χ2v) is 7.58. The molecule has 0 amide bonds. The van der Waals surface area contributed by atoms with Gasteiger partial charge < -0.3 is 9.64 Å². The standard InChI is InChI=1S/C16H22N4O2S/c1-16(2,3)22-13(21)10-19-5-7-20(8-6-19)14-12-4-9-23-15(12)18-11-17-14/h4,9,11H,5-8,10H2,1-3H3. The average molecular weight is 334 g/mol. The van der Waals surface area contributed by atoms with Gasteiger partial charge in [0.25, 0.3) is 0 Å². The first-order valence-electron chi connectivity index (χ1n) is 7.80. The fourth-order valence-electron chi connectivity index (χ4n) is 2.70. The molecule has 0 unspecified atom stereocenters. The fraction of sp³-hybridized carbons (Fsp3) is 0.562. The van der Waals surface area contributed by atoms with Gasteiger partial charge in [-0.1, -0.05) is 0 Å². The molecule has 0 saturated carbocycles. The number of carbonyl (C=O) groups excluding carboxylic acids is 1. The number of hydrogen-bond acceptors (Lipinski definition) is 7. The molecule has 23 heavy (non-hydrogen) atoms. The Morgan fingerprint density at radius 1 is 1.26 bits per heavy atom. The Kier molecular flexibility index (Phi) is 4.50. The summed E-state index contributed by atoms with van der Waals surface area (Å²) in [6, 6.07) is 2.07. The van der Waals surface area contributed by atoms with Crippen LogP contribution in [-0.2, 0) is 9.53 Å². The quantitative estimate of drug-likeness (QED) is 0.802. The number of carbonyl (C=O) groups is 1. The van der Waals surface area contributed by atoms with Crippen molar-refractivity contribution >= 4 is 33.3 Å². The summed E-state index contributed by atoms with van der Waals surface area (Å²) in [5.74, 6) is 0.835. The molecule has 124 valence electrons. The highest BCUT2D eigenvalue weighted by molar-refractivity contribution is 7.16. The summed E-state index contributed by atoms with van der Waals surface area (Å²) in [6.45, 7) is 9.39. The lowest BCUT2D eigenvalue weighted by molar-refractivity contribution is -0.156. The van der Waals surface area contributed by atoms with E-state index in [2.05, 4.69) is 25.8 Å². The van der Waals surface area contributed by atoms with Gasteiger partial charge in [0.1, 0.15) is 22.6 Å². The van der Waals surface area contributed by atoms with Crippen LogP contribution in [0.5, 0.6) is 0 Å². The van der Waals surface area contributed by atoms with Gasteiger partial charge in [-0.05, 0) is 32.2 Å². The highest BCUT2D eigenvalue weighted by atomic mass is 32.1. The van der Waals surface area contributed by atoms with E-state index >= 15 is 0 Å². The molecule has 0 bridgehead atoms. The van der Waals surface area contributed by atoms with Crippen molar-refractivity contribution in [1.29, 1.82) is 0 Å². The molecule has 6 nitrogen and oxygen atoms in total. The second kappa shape index (κ2) is 6.41. The molecule has 7 heteroatoms. The van der Waals surface area contributed by atoms with Crippen molar-refractivity contribution in [3.05, 3.63) is 17.8 Å². The first kappa shape index (κ1) is 16.1. The average Bonchev–Trinajstić information content (AvgIpc) is 2.94. The van der Waals surface area contributed by atoms with Crippen LogP contribution < -0.4 is 4.90 Å². The van der Waals surface area contributed by atoms with Crippen molar-refractivity contribution in [3.8, 4) is 0 Å². The van der Waals surface area contributed by atoms with E-state index in [1.807, 2.05) is 26.2 Å². The molecule has 0 N–H and O–H groups in total. The van der Waals surface area contributed by atoms with Gasteiger partial charge in [-0.3, -0.25) is 9.69 Å². The van der Waals surface area contributed by atoms with Gasteiger partial charge in [-0.2, -0.15) is 0 Å². The number of nitrogens with zero attached hydrogens (tertiary/aromatic N) is 4. The van der Waals surface area contributed by atoms with Crippen molar-refractivity contribution in [2.24, 2.45) is 0 Å². The van der Waals surface area contributed by atoms with Crippen LogP contribution in [0.1, 0.15) is 20.8 Å². The topological polar surface area (TPSA) is 58.6 Å². The third-order valence-corrected chi connectivity index (χ3v) is 4.51. The molecule has 0 spiro atoms. The minimum atomic E-state index is -0.426. The van der Waals surface area contributed by atoms with Crippen molar-refractivity contribution in [3.63, 3.8) is 0 Å². The maximum Gasteiger partial charge on any atom is 0.320 e. The van der Waals surface area contributed by atoms with Gasteiger partial charge in [-0.25, -0.2) is 9.97 Å². The lowest BCUT2D eigenvalue weighted by Gasteiger charge is -2.35. The predicted molar refractivity (Wildman–Crippen MR) is 91.9 cm³/mol. The zero-order chi connectivity index (χ0) is 16.4. The summed E-state index contributed by atoms with van der Waals surface area (Å²) < 4.78 is 5.39.